The zero-order valence-electron chi connectivity index (χ0n) is 10.7. The van der Waals surface area contributed by atoms with E-state index < -0.39 is 5.82 Å². The second kappa shape index (κ2) is 5.69. The van der Waals surface area contributed by atoms with Crippen LogP contribution in [-0.4, -0.2) is 6.79 Å². The average molecular weight is 294 g/mol. The van der Waals surface area contributed by atoms with Crippen molar-refractivity contribution in [1.82, 2.24) is 5.32 Å². The summed E-state index contributed by atoms with van der Waals surface area (Å²) in [5.74, 6) is 1.14. The van der Waals surface area contributed by atoms with Gasteiger partial charge in [0.1, 0.15) is 5.82 Å². The predicted molar refractivity (Wildman–Crippen MR) is 74.5 cm³/mol. The smallest absolute Gasteiger partial charge is 0.231 e. The summed E-state index contributed by atoms with van der Waals surface area (Å²) in [4.78, 5) is 0. The summed E-state index contributed by atoms with van der Waals surface area (Å²) in [7, 11) is 0. The van der Waals surface area contributed by atoms with Crippen LogP contribution in [0.1, 0.15) is 11.1 Å². The van der Waals surface area contributed by atoms with Crippen LogP contribution in [0.4, 0.5) is 4.39 Å². The fourth-order valence-corrected chi connectivity index (χ4v) is 2.17. The highest BCUT2D eigenvalue weighted by Crippen LogP contribution is 2.32. The van der Waals surface area contributed by atoms with E-state index in [0.717, 1.165) is 22.6 Å². The zero-order chi connectivity index (χ0) is 13.9. The van der Waals surface area contributed by atoms with Gasteiger partial charge in [-0.2, -0.15) is 0 Å². The molecule has 0 amide bonds. The van der Waals surface area contributed by atoms with E-state index in [4.69, 9.17) is 21.1 Å². The number of hydrogen-bond acceptors (Lipinski definition) is 3. The van der Waals surface area contributed by atoms with Crippen LogP contribution < -0.4 is 14.8 Å². The number of hydrogen-bond donors (Lipinski definition) is 1. The first-order valence-electron chi connectivity index (χ1n) is 6.25. The summed E-state index contributed by atoms with van der Waals surface area (Å²) in [6, 6.07) is 10.6. The van der Waals surface area contributed by atoms with Crippen LogP contribution in [-0.2, 0) is 13.1 Å². The van der Waals surface area contributed by atoms with Crippen molar-refractivity contribution in [1.29, 1.82) is 0 Å². The van der Waals surface area contributed by atoms with Crippen molar-refractivity contribution in [2.24, 2.45) is 0 Å². The van der Waals surface area contributed by atoms with Gasteiger partial charge < -0.3 is 14.8 Å². The molecule has 2 aromatic rings. The van der Waals surface area contributed by atoms with Crippen LogP contribution in [0, 0.1) is 5.82 Å². The van der Waals surface area contributed by atoms with Gasteiger partial charge in [-0.05, 0) is 35.4 Å². The van der Waals surface area contributed by atoms with E-state index in [-0.39, 0.29) is 11.8 Å². The Balaban J connectivity index is 1.58. The summed E-state index contributed by atoms with van der Waals surface area (Å²) in [5, 5.41) is 3.39. The Bertz CT molecular complexity index is 633. The number of nitrogens with one attached hydrogen (secondary N) is 1. The maximum Gasteiger partial charge on any atom is 0.231 e. The fourth-order valence-electron chi connectivity index (χ4n) is 2.05. The van der Waals surface area contributed by atoms with Crippen molar-refractivity contribution < 1.29 is 13.9 Å². The van der Waals surface area contributed by atoms with Crippen LogP contribution in [0.5, 0.6) is 11.5 Å². The van der Waals surface area contributed by atoms with Crippen molar-refractivity contribution in [2.75, 3.05) is 6.79 Å². The minimum absolute atomic E-state index is 0.143. The van der Waals surface area contributed by atoms with E-state index in [1.54, 1.807) is 12.1 Å². The summed E-state index contributed by atoms with van der Waals surface area (Å²) in [5.41, 5.74) is 1.94. The lowest BCUT2D eigenvalue weighted by Crippen LogP contribution is -2.12. The number of fused-ring (bicyclic) bond motifs is 1. The minimum Gasteiger partial charge on any atom is -0.454 e. The van der Waals surface area contributed by atoms with E-state index in [1.807, 2.05) is 18.2 Å². The molecule has 1 aliphatic heterocycles. The second-order valence-corrected chi connectivity index (χ2v) is 4.95. The summed E-state index contributed by atoms with van der Waals surface area (Å²) in [6.45, 7) is 1.51. The molecule has 2 aromatic carbocycles. The molecule has 3 rings (SSSR count). The number of halogens is 2. The van der Waals surface area contributed by atoms with Crippen LogP contribution in [0.2, 0.25) is 5.02 Å². The molecule has 3 nitrogen and oxygen atoms in total. The third-order valence-electron chi connectivity index (χ3n) is 3.08. The summed E-state index contributed by atoms with van der Waals surface area (Å²) >= 11 is 5.64. The van der Waals surface area contributed by atoms with Gasteiger partial charge in [0.15, 0.2) is 11.5 Å². The molecule has 0 bridgehead atoms. The molecule has 0 aromatic heterocycles. The predicted octanol–water partition coefficient (Wildman–Crippen LogP) is 3.50. The van der Waals surface area contributed by atoms with Gasteiger partial charge in [0.25, 0.3) is 0 Å². The molecule has 0 radical (unpaired) electrons. The van der Waals surface area contributed by atoms with Gasteiger partial charge in [-0.3, -0.25) is 0 Å². The molecule has 0 unspecified atom stereocenters. The maximum absolute atomic E-state index is 13.3. The molecular weight excluding hydrogens is 281 g/mol. The largest absolute Gasteiger partial charge is 0.454 e. The Hall–Kier alpha value is -1.78. The highest BCUT2D eigenvalue weighted by atomic mass is 35.5. The Kier molecular flexibility index (Phi) is 3.76. The van der Waals surface area contributed by atoms with Gasteiger partial charge >= 0.3 is 0 Å². The van der Waals surface area contributed by atoms with Crippen LogP contribution in [0.25, 0.3) is 0 Å². The molecule has 0 saturated heterocycles. The minimum atomic E-state index is -0.394. The SMILES string of the molecule is Fc1cc(CNCc2ccc3c(c2)OCO3)ccc1Cl. The molecule has 0 fully saturated rings. The first kappa shape index (κ1) is 13.2. The maximum atomic E-state index is 13.3. The fraction of sp³-hybridized carbons (Fsp3) is 0.200. The molecule has 1 heterocycles. The first-order valence-corrected chi connectivity index (χ1v) is 6.63. The van der Waals surface area contributed by atoms with Gasteiger partial charge in [-0.1, -0.05) is 23.7 Å². The van der Waals surface area contributed by atoms with E-state index in [0.29, 0.717) is 13.1 Å². The van der Waals surface area contributed by atoms with Gasteiger partial charge in [-0.25, -0.2) is 4.39 Å². The molecule has 1 N–H and O–H groups in total. The van der Waals surface area contributed by atoms with Crippen LogP contribution in [0.15, 0.2) is 36.4 Å². The first-order chi connectivity index (χ1) is 9.72. The monoisotopic (exact) mass is 293 g/mol. The second-order valence-electron chi connectivity index (χ2n) is 4.54. The zero-order valence-corrected chi connectivity index (χ0v) is 11.4. The van der Waals surface area contributed by atoms with Crippen LogP contribution >= 0.6 is 11.6 Å². The molecular formula is C15H13ClFNO2. The number of benzene rings is 2. The molecule has 0 spiro atoms. The molecule has 104 valence electrons. The normalized spacial score (nSPS) is 12.7. The lowest BCUT2D eigenvalue weighted by atomic mass is 10.2. The molecule has 20 heavy (non-hydrogen) atoms. The van der Waals surface area contributed by atoms with Gasteiger partial charge in [0.05, 0.1) is 5.02 Å². The lowest BCUT2D eigenvalue weighted by Gasteiger charge is -2.06. The molecule has 1 aliphatic rings. The average Bonchev–Trinajstić information content (AvgIpc) is 2.90. The van der Waals surface area contributed by atoms with E-state index >= 15 is 0 Å². The van der Waals surface area contributed by atoms with Crippen molar-refractivity contribution in [2.45, 2.75) is 13.1 Å². The standard InChI is InChI=1S/C15H13ClFNO2/c16-12-3-1-10(5-13(12)17)7-18-8-11-2-4-14-15(6-11)20-9-19-14/h1-6,18H,7-9H2. The van der Waals surface area contributed by atoms with E-state index in [1.165, 1.54) is 6.07 Å². The van der Waals surface area contributed by atoms with Crippen molar-refractivity contribution in [3.8, 4) is 11.5 Å². The van der Waals surface area contributed by atoms with Gasteiger partial charge in [0, 0.05) is 13.1 Å². The Morgan fingerprint density at radius 2 is 1.70 bits per heavy atom. The number of ether oxygens (including phenoxy) is 2. The Morgan fingerprint density at radius 3 is 2.50 bits per heavy atom. The van der Waals surface area contributed by atoms with Crippen molar-refractivity contribution >= 4 is 11.6 Å². The lowest BCUT2D eigenvalue weighted by molar-refractivity contribution is 0.174. The van der Waals surface area contributed by atoms with Crippen LogP contribution in [0.3, 0.4) is 0 Å². The van der Waals surface area contributed by atoms with E-state index in [9.17, 15) is 4.39 Å². The third kappa shape index (κ3) is 2.86. The topological polar surface area (TPSA) is 30.5 Å². The molecule has 0 saturated carbocycles. The third-order valence-corrected chi connectivity index (χ3v) is 3.39. The highest BCUT2D eigenvalue weighted by molar-refractivity contribution is 6.30. The summed E-state index contributed by atoms with van der Waals surface area (Å²) < 4.78 is 23.9. The number of rotatable bonds is 4. The van der Waals surface area contributed by atoms with Crippen molar-refractivity contribution in [3.63, 3.8) is 0 Å². The molecule has 0 aliphatic carbocycles. The van der Waals surface area contributed by atoms with Gasteiger partial charge in [0.2, 0.25) is 6.79 Å². The summed E-state index contributed by atoms with van der Waals surface area (Å²) in [6.07, 6.45) is 0. The Morgan fingerprint density at radius 1 is 1.00 bits per heavy atom. The highest BCUT2D eigenvalue weighted by Gasteiger charge is 2.12. The van der Waals surface area contributed by atoms with E-state index in [2.05, 4.69) is 5.32 Å². The Labute approximate surface area is 121 Å². The van der Waals surface area contributed by atoms with Gasteiger partial charge in [-0.15, -0.1) is 0 Å². The molecule has 5 heteroatoms. The molecule has 0 atom stereocenters. The van der Waals surface area contributed by atoms with Crippen molar-refractivity contribution in [3.05, 3.63) is 58.4 Å². The quantitative estimate of drug-likeness (QED) is 0.936.